The zero-order valence-electron chi connectivity index (χ0n) is 12.8. The Bertz CT molecular complexity index is 317. The molecular formula is C15H28O2S2. The Morgan fingerprint density at radius 3 is 2.74 bits per heavy atom. The number of aliphatic hydroxyl groups is 1. The standard InChI is InChI=1S/C15H28O2S2/c1-10-6-7-11-12(8-10)17-13(19-14(11,2)3)15(4,16)9-18-5/h10-13,16H,6-9H2,1-5H3/t10-,11-,12-,13-,15-/m1/s1. The van der Waals surface area contributed by atoms with Crippen molar-refractivity contribution in [2.45, 2.75) is 68.8 Å². The average molecular weight is 305 g/mol. The summed E-state index contributed by atoms with van der Waals surface area (Å²) in [5.74, 6) is 2.12. The molecule has 0 bridgehead atoms. The molecule has 1 N–H and O–H groups in total. The van der Waals surface area contributed by atoms with Crippen LogP contribution in [-0.4, -0.2) is 39.0 Å². The Morgan fingerprint density at radius 1 is 1.42 bits per heavy atom. The largest absolute Gasteiger partial charge is 0.386 e. The molecule has 2 fully saturated rings. The number of hydrogen-bond acceptors (Lipinski definition) is 4. The number of hydrogen-bond donors (Lipinski definition) is 1. The SMILES string of the molecule is CSC[C@@](C)(O)[C@@H]1O[C@@H]2C[C@H](C)CC[C@H]2C(C)(C)S1. The van der Waals surface area contributed by atoms with E-state index >= 15 is 0 Å². The maximum Gasteiger partial charge on any atom is 0.133 e. The van der Waals surface area contributed by atoms with Gasteiger partial charge in [-0.2, -0.15) is 11.8 Å². The van der Waals surface area contributed by atoms with Gasteiger partial charge in [-0.15, -0.1) is 11.8 Å². The van der Waals surface area contributed by atoms with Crippen LogP contribution in [0.5, 0.6) is 0 Å². The highest BCUT2D eigenvalue weighted by Crippen LogP contribution is 2.52. The third-order valence-corrected chi connectivity index (χ3v) is 7.22. The highest BCUT2D eigenvalue weighted by atomic mass is 32.2. The van der Waals surface area contributed by atoms with Crippen molar-refractivity contribution in [3.8, 4) is 0 Å². The van der Waals surface area contributed by atoms with E-state index in [1.807, 2.05) is 24.9 Å². The summed E-state index contributed by atoms with van der Waals surface area (Å²) >= 11 is 3.53. The van der Waals surface area contributed by atoms with Crippen molar-refractivity contribution >= 4 is 23.5 Å². The van der Waals surface area contributed by atoms with Gasteiger partial charge in [0.2, 0.25) is 0 Å². The van der Waals surface area contributed by atoms with E-state index in [0.29, 0.717) is 12.0 Å². The highest BCUT2D eigenvalue weighted by Gasteiger charge is 2.50. The molecule has 0 amide bonds. The van der Waals surface area contributed by atoms with Crippen LogP contribution in [-0.2, 0) is 4.74 Å². The van der Waals surface area contributed by atoms with Gasteiger partial charge < -0.3 is 9.84 Å². The predicted molar refractivity (Wildman–Crippen MR) is 85.8 cm³/mol. The molecule has 4 heteroatoms. The molecule has 0 aromatic carbocycles. The zero-order chi connectivity index (χ0) is 14.3. The van der Waals surface area contributed by atoms with E-state index in [1.54, 1.807) is 11.8 Å². The van der Waals surface area contributed by atoms with Crippen LogP contribution < -0.4 is 0 Å². The van der Waals surface area contributed by atoms with Gasteiger partial charge in [0.15, 0.2) is 0 Å². The molecule has 112 valence electrons. The van der Waals surface area contributed by atoms with Gasteiger partial charge in [-0.05, 0) is 37.9 Å². The van der Waals surface area contributed by atoms with E-state index in [4.69, 9.17) is 4.74 Å². The van der Waals surface area contributed by atoms with Gasteiger partial charge in [0, 0.05) is 10.5 Å². The molecule has 2 nitrogen and oxygen atoms in total. The third kappa shape index (κ3) is 3.45. The van der Waals surface area contributed by atoms with Gasteiger partial charge in [-0.25, -0.2) is 0 Å². The van der Waals surface area contributed by atoms with Crippen molar-refractivity contribution in [1.82, 2.24) is 0 Å². The molecular weight excluding hydrogens is 276 g/mol. The zero-order valence-corrected chi connectivity index (χ0v) is 14.4. The first-order valence-corrected chi connectivity index (χ1v) is 9.58. The predicted octanol–water partition coefficient (Wildman–Crippen LogP) is 3.77. The van der Waals surface area contributed by atoms with Crippen LogP contribution in [0.4, 0.5) is 0 Å². The summed E-state index contributed by atoms with van der Waals surface area (Å²) in [6.07, 6.45) is 6.11. The fourth-order valence-corrected chi connectivity index (χ4v) is 5.83. The summed E-state index contributed by atoms with van der Waals surface area (Å²) in [5.41, 5.74) is -0.839. The molecule has 1 saturated carbocycles. The number of thioether (sulfide) groups is 2. The maximum absolute atomic E-state index is 10.7. The molecule has 1 aliphatic heterocycles. The van der Waals surface area contributed by atoms with Crippen molar-refractivity contribution in [3.05, 3.63) is 0 Å². The van der Waals surface area contributed by atoms with Gasteiger partial charge in [-0.1, -0.05) is 27.2 Å². The third-order valence-electron chi connectivity index (χ3n) is 4.60. The minimum absolute atomic E-state index is 0.0958. The van der Waals surface area contributed by atoms with E-state index < -0.39 is 5.60 Å². The Balaban J connectivity index is 2.14. The molecule has 5 atom stereocenters. The van der Waals surface area contributed by atoms with Crippen LogP contribution in [0.2, 0.25) is 0 Å². The fraction of sp³-hybridized carbons (Fsp3) is 1.00. The lowest BCUT2D eigenvalue weighted by Crippen LogP contribution is -2.55. The van der Waals surface area contributed by atoms with E-state index in [0.717, 1.165) is 18.1 Å². The van der Waals surface area contributed by atoms with Crippen LogP contribution >= 0.6 is 23.5 Å². The summed E-state index contributed by atoms with van der Waals surface area (Å²) in [5, 5.41) is 10.7. The summed E-state index contributed by atoms with van der Waals surface area (Å²) in [7, 11) is 0. The smallest absolute Gasteiger partial charge is 0.133 e. The first-order chi connectivity index (χ1) is 8.76. The average Bonchev–Trinajstić information content (AvgIpc) is 2.26. The van der Waals surface area contributed by atoms with Crippen LogP contribution in [0.1, 0.15) is 47.0 Å². The van der Waals surface area contributed by atoms with Crippen molar-refractivity contribution in [2.24, 2.45) is 11.8 Å². The topological polar surface area (TPSA) is 29.5 Å². The highest BCUT2D eigenvalue weighted by molar-refractivity contribution is 8.01. The molecule has 1 saturated heterocycles. The van der Waals surface area contributed by atoms with Crippen molar-refractivity contribution < 1.29 is 9.84 Å². The van der Waals surface area contributed by atoms with Gasteiger partial charge in [0.1, 0.15) is 11.0 Å². The summed E-state index contributed by atoms with van der Waals surface area (Å²) in [4.78, 5) is 0. The van der Waals surface area contributed by atoms with E-state index in [2.05, 4.69) is 20.8 Å². The summed E-state index contributed by atoms with van der Waals surface area (Å²) in [6, 6.07) is 0. The maximum atomic E-state index is 10.7. The molecule has 2 rings (SSSR count). The molecule has 0 unspecified atom stereocenters. The second kappa shape index (κ2) is 5.78. The van der Waals surface area contributed by atoms with Crippen molar-refractivity contribution in [1.29, 1.82) is 0 Å². The fourth-order valence-electron chi connectivity index (χ4n) is 3.46. The lowest BCUT2D eigenvalue weighted by atomic mass is 9.74. The number of ether oxygens (including phenoxy) is 1. The van der Waals surface area contributed by atoms with E-state index in [-0.39, 0.29) is 10.2 Å². The molecule has 0 radical (unpaired) electrons. The molecule has 2 aliphatic rings. The van der Waals surface area contributed by atoms with Crippen molar-refractivity contribution in [3.63, 3.8) is 0 Å². The van der Waals surface area contributed by atoms with Crippen molar-refractivity contribution in [2.75, 3.05) is 12.0 Å². The Kier molecular flexibility index (Phi) is 4.87. The lowest BCUT2D eigenvalue weighted by Gasteiger charge is -2.52. The quantitative estimate of drug-likeness (QED) is 0.859. The minimum Gasteiger partial charge on any atom is -0.386 e. The molecule has 0 aromatic rings. The Hall–Kier alpha value is 0.620. The van der Waals surface area contributed by atoms with Gasteiger partial charge in [-0.3, -0.25) is 0 Å². The first-order valence-electron chi connectivity index (χ1n) is 7.31. The summed E-state index contributed by atoms with van der Waals surface area (Å²) in [6.45, 7) is 8.90. The Morgan fingerprint density at radius 2 is 2.11 bits per heavy atom. The van der Waals surface area contributed by atoms with Crippen LogP contribution in [0.25, 0.3) is 0 Å². The van der Waals surface area contributed by atoms with Gasteiger partial charge >= 0.3 is 0 Å². The second-order valence-electron chi connectivity index (χ2n) is 7.04. The minimum atomic E-state index is -0.743. The number of rotatable bonds is 3. The number of fused-ring (bicyclic) bond motifs is 1. The lowest BCUT2D eigenvalue weighted by molar-refractivity contribution is -0.118. The van der Waals surface area contributed by atoms with Crippen LogP contribution in [0.15, 0.2) is 0 Å². The van der Waals surface area contributed by atoms with Gasteiger partial charge in [0.05, 0.1) is 6.10 Å². The molecule has 1 heterocycles. The molecule has 19 heavy (non-hydrogen) atoms. The van der Waals surface area contributed by atoms with E-state index in [9.17, 15) is 5.11 Å². The second-order valence-corrected chi connectivity index (χ2v) is 9.62. The van der Waals surface area contributed by atoms with Crippen LogP contribution in [0, 0.1) is 11.8 Å². The molecule has 0 spiro atoms. The van der Waals surface area contributed by atoms with Gasteiger partial charge in [0.25, 0.3) is 0 Å². The normalized spacial score (nSPS) is 41.4. The van der Waals surface area contributed by atoms with E-state index in [1.165, 1.54) is 12.8 Å². The van der Waals surface area contributed by atoms with Crippen LogP contribution in [0.3, 0.4) is 0 Å². The summed E-state index contributed by atoms with van der Waals surface area (Å²) < 4.78 is 6.52. The monoisotopic (exact) mass is 304 g/mol. The molecule has 1 aliphatic carbocycles. The Labute approximate surface area is 126 Å². The molecule has 0 aromatic heterocycles. The first kappa shape index (κ1) is 16.0.